The summed E-state index contributed by atoms with van der Waals surface area (Å²) in [6, 6.07) is 2.33. The minimum Gasteiger partial charge on any atom is -0.341 e. The molecular formula is C17H15F3N4. The van der Waals surface area contributed by atoms with E-state index in [4.69, 9.17) is 0 Å². The van der Waals surface area contributed by atoms with Crippen LogP contribution in [0.15, 0.2) is 29.5 Å². The van der Waals surface area contributed by atoms with Crippen molar-refractivity contribution in [3.05, 3.63) is 41.2 Å². The van der Waals surface area contributed by atoms with Gasteiger partial charge in [-0.2, -0.15) is 13.2 Å². The SMILES string of the molecule is FC(F)(F)c1cc2c(c(-c3cnc(N4CCCC4)nc3)c1)C=NC2. The van der Waals surface area contributed by atoms with E-state index < -0.39 is 11.7 Å². The van der Waals surface area contributed by atoms with Crippen molar-refractivity contribution < 1.29 is 13.2 Å². The van der Waals surface area contributed by atoms with Crippen molar-refractivity contribution in [2.24, 2.45) is 4.99 Å². The molecule has 1 saturated heterocycles. The summed E-state index contributed by atoms with van der Waals surface area (Å²) in [5.74, 6) is 0.633. The first-order valence-electron chi connectivity index (χ1n) is 7.84. The van der Waals surface area contributed by atoms with Crippen molar-refractivity contribution in [1.29, 1.82) is 0 Å². The average molecular weight is 332 g/mol. The molecule has 0 atom stereocenters. The van der Waals surface area contributed by atoms with Gasteiger partial charge in [0.1, 0.15) is 0 Å². The molecule has 7 heteroatoms. The zero-order valence-corrected chi connectivity index (χ0v) is 12.8. The van der Waals surface area contributed by atoms with E-state index in [0.29, 0.717) is 22.6 Å². The Morgan fingerprint density at radius 3 is 2.38 bits per heavy atom. The summed E-state index contributed by atoms with van der Waals surface area (Å²) >= 11 is 0. The summed E-state index contributed by atoms with van der Waals surface area (Å²) in [5, 5.41) is 0. The lowest BCUT2D eigenvalue weighted by Gasteiger charge is -2.16. The summed E-state index contributed by atoms with van der Waals surface area (Å²) in [4.78, 5) is 14.9. The minimum atomic E-state index is -4.39. The second kappa shape index (κ2) is 5.58. The number of rotatable bonds is 2. The first-order valence-corrected chi connectivity index (χ1v) is 7.84. The molecule has 0 amide bonds. The molecule has 2 aliphatic heterocycles. The van der Waals surface area contributed by atoms with Crippen LogP contribution in [0, 0.1) is 0 Å². The fraction of sp³-hybridized carbons (Fsp3) is 0.353. The maximum atomic E-state index is 13.1. The number of nitrogens with zero attached hydrogens (tertiary/aromatic N) is 4. The largest absolute Gasteiger partial charge is 0.416 e. The van der Waals surface area contributed by atoms with Gasteiger partial charge in [-0.1, -0.05) is 0 Å². The lowest BCUT2D eigenvalue weighted by Crippen LogP contribution is -2.20. The highest BCUT2D eigenvalue weighted by Gasteiger charge is 2.32. The lowest BCUT2D eigenvalue weighted by molar-refractivity contribution is -0.137. The number of anilines is 1. The van der Waals surface area contributed by atoms with Gasteiger partial charge >= 0.3 is 6.18 Å². The third-order valence-corrected chi connectivity index (χ3v) is 4.41. The molecule has 0 bridgehead atoms. The van der Waals surface area contributed by atoms with Gasteiger partial charge in [-0.05, 0) is 36.1 Å². The highest BCUT2D eigenvalue weighted by molar-refractivity contribution is 5.94. The lowest BCUT2D eigenvalue weighted by atomic mass is 9.95. The summed E-state index contributed by atoms with van der Waals surface area (Å²) < 4.78 is 39.4. The number of hydrogen-bond donors (Lipinski definition) is 0. The standard InChI is InChI=1S/C17H15F3N4/c18-17(19,20)13-5-11-7-21-10-15(11)14(6-13)12-8-22-16(23-9-12)24-3-1-2-4-24/h5-6,8-10H,1-4,7H2. The van der Waals surface area contributed by atoms with Crippen LogP contribution >= 0.6 is 0 Å². The highest BCUT2D eigenvalue weighted by Crippen LogP contribution is 2.37. The van der Waals surface area contributed by atoms with E-state index in [2.05, 4.69) is 19.9 Å². The molecule has 1 aromatic carbocycles. The molecule has 0 aliphatic carbocycles. The van der Waals surface area contributed by atoms with Crippen molar-refractivity contribution in [1.82, 2.24) is 9.97 Å². The Hall–Kier alpha value is -2.44. The van der Waals surface area contributed by atoms with Crippen molar-refractivity contribution in [3.63, 3.8) is 0 Å². The average Bonchev–Trinajstić information content (AvgIpc) is 3.24. The predicted octanol–water partition coefficient (Wildman–Crippen LogP) is 3.70. The third-order valence-electron chi connectivity index (χ3n) is 4.41. The molecule has 0 saturated carbocycles. The summed E-state index contributed by atoms with van der Waals surface area (Å²) in [5.41, 5.74) is 1.71. The van der Waals surface area contributed by atoms with E-state index >= 15 is 0 Å². The molecule has 4 nitrogen and oxygen atoms in total. The summed E-state index contributed by atoms with van der Waals surface area (Å²) in [6.45, 7) is 2.12. The Bertz CT molecular complexity index is 791. The van der Waals surface area contributed by atoms with Crippen molar-refractivity contribution in [2.75, 3.05) is 18.0 Å². The number of halogens is 3. The minimum absolute atomic E-state index is 0.277. The van der Waals surface area contributed by atoms with Gasteiger partial charge in [0.15, 0.2) is 0 Å². The number of hydrogen-bond acceptors (Lipinski definition) is 4. The van der Waals surface area contributed by atoms with Crippen molar-refractivity contribution in [2.45, 2.75) is 25.6 Å². The smallest absolute Gasteiger partial charge is 0.341 e. The molecule has 0 radical (unpaired) electrons. The van der Waals surface area contributed by atoms with Gasteiger partial charge in [0, 0.05) is 42.8 Å². The van der Waals surface area contributed by atoms with Crippen LogP contribution < -0.4 is 4.90 Å². The number of fused-ring (bicyclic) bond motifs is 1. The molecule has 4 rings (SSSR count). The first-order chi connectivity index (χ1) is 11.5. The van der Waals surface area contributed by atoms with Crippen LogP contribution in [-0.2, 0) is 12.7 Å². The Labute approximate surface area is 137 Å². The molecule has 1 aromatic heterocycles. The second-order valence-corrected chi connectivity index (χ2v) is 6.03. The van der Waals surface area contributed by atoms with Crippen LogP contribution in [0.25, 0.3) is 11.1 Å². The van der Waals surface area contributed by atoms with E-state index in [1.54, 1.807) is 18.6 Å². The number of benzene rings is 1. The first kappa shape index (κ1) is 15.1. The van der Waals surface area contributed by atoms with Gasteiger partial charge in [-0.3, -0.25) is 4.99 Å². The van der Waals surface area contributed by atoms with Gasteiger partial charge in [0.05, 0.1) is 12.1 Å². The quantitative estimate of drug-likeness (QED) is 0.842. The maximum Gasteiger partial charge on any atom is 0.416 e. The molecule has 24 heavy (non-hydrogen) atoms. The Morgan fingerprint density at radius 1 is 1.00 bits per heavy atom. The predicted molar refractivity (Wildman–Crippen MR) is 85.2 cm³/mol. The van der Waals surface area contributed by atoms with Crippen LogP contribution in [0.2, 0.25) is 0 Å². The maximum absolute atomic E-state index is 13.1. The van der Waals surface area contributed by atoms with Crippen LogP contribution in [0.4, 0.5) is 19.1 Å². The van der Waals surface area contributed by atoms with Crippen molar-refractivity contribution >= 4 is 12.2 Å². The zero-order valence-electron chi connectivity index (χ0n) is 12.8. The van der Waals surface area contributed by atoms with Gasteiger partial charge in [0.25, 0.3) is 0 Å². The third kappa shape index (κ3) is 2.64. The van der Waals surface area contributed by atoms with E-state index in [1.165, 1.54) is 6.07 Å². The molecule has 0 N–H and O–H groups in total. The Balaban J connectivity index is 1.75. The van der Waals surface area contributed by atoms with Crippen LogP contribution in [0.5, 0.6) is 0 Å². The molecular weight excluding hydrogens is 317 g/mol. The highest BCUT2D eigenvalue weighted by atomic mass is 19.4. The molecule has 2 aromatic rings. The van der Waals surface area contributed by atoms with Gasteiger partial charge in [0.2, 0.25) is 5.95 Å². The zero-order chi connectivity index (χ0) is 16.7. The van der Waals surface area contributed by atoms with Gasteiger partial charge in [-0.15, -0.1) is 0 Å². The monoisotopic (exact) mass is 332 g/mol. The van der Waals surface area contributed by atoms with Crippen LogP contribution in [-0.4, -0.2) is 29.3 Å². The summed E-state index contributed by atoms with van der Waals surface area (Å²) in [7, 11) is 0. The second-order valence-electron chi connectivity index (χ2n) is 6.03. The molecule has 0 unspecified atom stereocenters. The summed E-state index contributed by atoms with van der Waals surface area (Å²) in [6.07, 6.45) is 2.67. The van der Waals surface area contributed by atoms with E-state index in [1.807, 2.05) is 0 Å². The molecule has 124 valence electrons. The van der Waals surface area contributed by atoms with E-state index in [9.17, 15) is 13.2 Å². The Morgan fingerprint density at radius 2 is 1.71 bits per heavy atom. The Kier molecular flexibility index (Phi) is 3.51. The number of aliphatic imine (C=N–C) groups is 1. The fourth-order valence-corrected chi connectivity index (χ4v) is 3.18. The van der Waals surface area contributed by atoms with Crippen LogP contribution in [0.3, 0.4) is 0 Å². The number of alkyl halides is 3. The normalized spacial score (nSPS) is 16.7. The topological polar surface area (TPSA) is 41.4 Å². The molecule has 0 spiro atoms. The molecule has 2 aliphatic rings. The van der Waals surface area contributed by atoms with Crippen LogP contribution in [0.1, 0.15) is 29.5 Å². The number of aromatic nitrogens is 2. The molecule has 3 heterocycles. The molecule has 1 fully saturated rings. The van der Waals surface area contributed by atoms with Gasteiger partial charge in [-0.25, -0.2) is 9.97 Å². The van der Waals surface area contributed by atoms with Crippen molar-refractivity contribution in [3.8, 4) is 11.1 Å². The van der Waals surface area contributed by atoms with Gasteiger partial charge < -0.3 is 4.90 Å². The fourth-order valence-electron chi connectivity index (χ4n) is 3.18. The van der Waals surface area contributed by atoms with E-state index in [-0.39, 0.29) is 6.54 Å². The van der Waals surface area contributed by atoms with E-state index in [0.717, 1.165) is 37.6 Å².